The first-order chi connectivity index (χ1) is 12.9. The van der Waals surface area contributed by atoms with Gasteiger partial charge in [0.25, 0.3) is 0 Å². The first-order valence-electron chi connectivity index (χ1n) is 8.73. The summed E-state index contributed by atoms with van der Waals surface area (Å²) in [5.41, 5.74) is 2.22. The second-order valence-corrected chi connectivity index (χ2v) is 8.61. The summed E-state index contributed by atoms with van der Waals surface area (Å²) in [7, 11) is -3.75. The van der Waals surface area contributed by atoms with Crippen LogP contribution in [-0.4, -0.2) is 46.9 Å². The normalized spacial score (nSPS) is 18.6. The maximum absolute atomic E-state index is 13.0. The molecule has 3 aromatic rings. The second kappa shape index (κ2) is 6.79. The summed E-state index contributed by atoms with van der Waals surface area (Å²) in [4.78, 5) is 19.1. The van der Waals surface area contributed by atoms with Crippen LogP contribution in [0, 0.1) is 5.92 Å². The van der Waals surface area contributed by atoms with Crippen LogP contribution in [0.3, 0.4) is 0 Å². The highest BCUT2D eigenvalue weighted by molar-refractivity contribution is 7.89. The highest BCUT2D eigenvalue weighted by atomic mass is 32.2. The van der Waals surface area contributed by atoms with Gasteiger partial charge in [-0.3, -0.25) is 4.79 Å². The molecular weight excluding hydrogens is 366 g/mol. The third-order valence-corrected chi connectivity index (χ3v) is 6.73. The lowest BCUT2D eigenvalue weighted by Crippen LogP contribution is -2.42. The third kappa shape index (κ3) is 3.33. The molecule has 2 aromatic carbocycles. The van der Waals surface area contributed by atoms with Crippen molar-refractivity contribution < 1.29 is 18.3 Å². The number of nitrogens with one attached hydrogen (secondary N) is 1. The van der Waals surface area contributed by atoms with E-state index < -0.39 is 21.9 Å². The van der Waals surface area contributed by atoms with Crippen LogP contribution < -0.4 is 0 Å². The summed E-state index contributed by atoms with van der Waals surface area (Å²) in [5.74, 6) is -0.940. The van der Waals surface area contributed by atoms with Crippen molar-refractivity contribution in [2.24, 2.45) is 5.92 Å². The predicted molar refractivity (Wildman–Crippen MR) is 101 cm³/mol. The van der Waals surface area contributed by atoms with Crippen molar-refractivity contribution in [3.05, 3.63) is 48.5 Å². The first kappa shape index (κ1) is 17.7. The number of fused-ring (bicyclic) bond motifs is 1. The van der Waals surface area contributed by atoms with E-state index in [0.717, 1.165) is 5.56 Å². The molecule has 0 bridgehead atoms. The van der Waals surface area contributed by atoms with Gasteiger partial charge >= 0.3 is 5.97 Å². The Labute approximate surface area is 156 Å². The van der Waals surface area contributed by atoms with Crippen molar-refractivity contribution in [2.45, 2.75) is 17.7 Å². The molecule has 0 radical (unpaired) electrons. The Bertz CT molecular complexity index is 1090. The number of imidazole rings is 1. The maximum Gasteiger partial charge on any atom is 0.307 e. The zero-order valence-electron chi connectivity index (χ0n) is 14.5. The van der Waals surface area contributed by atoms with Gasteiger partial charge in [0, 0.05) is 18.7 Å². The van der Waals surface area contributed by atoms with Crippen LogP contribution in [0.2, 0.25) is 0 Å². The van der Waals surface area contributed by atoms with Crippen LogP contribution in [0.1, 0.15) is 12.8 Å². The topological polar surface area (TPSA) is 103 Å². The van der Waals surface area contributed by atoms with Gasteiger partial charge < -0.3 is 10.1 Å². The number of H-pyrrole nitrogens is 1. The summed E-state index contributed by atoms with van der Waals surface area (Å²) < 4.78 is 27.2. The van der Waals surface area contributed by atoms with Crippen molar-refractivity contribution in [3.8, 4) is 11.4 Å². The molecule has 0 spiro atoms. The van der Waals surface area contributed by atoms with Gasteiger partial charge in [-0.2, -0.15) is 4.31 Å². The Morgan fingerprint density at radius 2 is 1.96 bits per heavy atom. The molecule has 0 amide bonds. The number of sulfonamides is 1. The van der Waals surface area contributed by atoms with Gasteiger partial charge in [0.15, 0.2) is 0 Å². The quantitative estimate of drug-likeness (QED) is 0.719. The van der Waals surface area contributed by atoms with Gasteiger partial charge in [-0.25, -0.2) is 13.4 Å². The van der Waals surface area contributed by atoms with Gasteiger partial charge in [-0.05, 0) is 31.0 Å². The number of aromatic amines is 1. The summed E-state index contributed by atoms with van der Waals surface area (Å²) >= 11 is 0. The Morgan fingerprint density at radius 3 is 2.70 bits per heavy atom. The van der Waals surface area contributed by atoms with Gasteiger partial charge in [0.1, 0.15) is 5.82 Å². The minimum atomic E-state index is -3.75. The van der Waals surface area contributed by atoms with E-state index in [4.69, 9.17) is 0 Å². The van der Waals surface area contributed by atoms with Gasteiger partial charge in [0.2, 0.25) is 10.0 Å². The molecule has 27 heavy (non-hydrogen) atoms. The summed E-state index contributed by atoms with van der Waals surface area (Å²) in [6.07, 6.45) is 1.04. The van der Waals surface area contributed by atoms with Crippen molar-refractivity contribution in [2.75, 3.05) is 13.1 Å². The van der Waals surface area contributed by atoms with Crippen LogP contribution in [0.4, 0.5) is 0 Å². The van der Waals surface area contributed by atoms with Crippen molar-refractivity contribution in [3.63, 3.8) is 0 Å². The second-order valence-electron chi connectivity index (χ2n) is 6.67. The van der Waals surface area contributed by atoms with E-state index in [0.29, 0.717) is 36.2 Å². The number of piperidine rings is 1. The number of nitrogens with zero attached hydrogens (tertiary/aromatic N) is 2. The van der Waals surface area contributed by atoms with E-state index in [9.17, 15) is 18.3 Å². The molecule has 1 saturated heterocycles. The standard InChI is InChI=1S/C19H19N3O4S/c23-19(24)14-7-4-10-22(12-14)27(25,26)15-8-9-16-17(11-15)21-18(20-16)13-5-2-1-3-6-13/h1-3,5-6,8-9,11,14H,4,7,10,12H2,(H,20,21)(H,23,24). The summed E-state index contributed by atoms with van der Waals surface area (Å²) in [5, 5.41) is 9.21. The van der Waals surface area contributed by atoms with Crippen molar-refractivity contribution in [1.29, 1.82) is 0 Å². The van der Waals surface area contributed by atoms with Crippen LogP contribution in [0.25, 0.3) is 22.4 Å². The van der Waals surface area contributed by atoms with Crippen LogP contribution in [0.5, 0.6) is 0 Å². The number of carbonyl (C=O) groups is 1. The zero-order valence-corrected chi connectivity index (χ0v) is 15.3. The van der Waals surface area contributed by atoms with E-state index in [-0.39, 0.29) is 11.4 Å². The van der Waals surface area contributed by atoms with E-state index in [2.05, 4.69) is 9.97 Å². The number of aliphatic carboxylic acids is 1. The number of carboxylic acids is 1. The zero-order chi connectivity index (χ0) is 19.0. The Hall–Kier alpha value is -2.71. The smallest absolute Gasteiger partial charge is 0.307 e. The number of aromatic nitrogens is 2. The number of rotatable bonds is 4. The monoisotopic (exact) mass is 385 g/mol. The minimum absolute atomic E-state index is 0.00788. The van der Waals surface area contributed by atoms with Crippen LogP contribution in [0.15, 0.2) is 53.4 Å². The molecule has 1 fully saturated rings. The molecule has 2 N–H and O–H groups in total. The number of carboxylic acid groups (broad SMARTS) is 1. The SMILES string of the molecule is O=C(O)C1CCCN(S(=O)(=O)c2ccc3nc(-c4ccccc4)[nH]c3c2)C1. The summed E-state index contributed by atoms with van der Waals surface area (Å²) in [6.45, 7) is 0.344. The average molecular weight is 385 g/mol. The Balaban J connectivity index is 1.68. The van der Waals surface area contributed by atoms with Crippen molar-refractivity contribution in [1.82, 2.24) is 14.3 Å². The average Bonchev–Trinajstić information content (AvgIpc) is 3.12. The lowest BCUT2D eigenvalue weighted by Gasteiger charge is -2.29. The molecule has 2 heterocycles. The van der Waals surface area contributed by atoms with Gasteiger partial charge in [0.05, 0.1) is 21.8 Å². The molecule has 0 aliphatic carbocycles. The molecule has 1 aliphatic heterocycles. The molecule has 1 atom stereocenters. The Morgan fingerprint density at radius 1 is 1.19 bits per heavy atom. The molecule has 1 aromatic heterocycles. The summed E-state index contributed by atoms with van der Waals surface area (Å²) in [6, 6.07) is 14.3. The number of hydrogen-bond donors (Lipinski definition) is 2. The highest BCUT2D eigenvalue weighted by Gasteiger charge is 2.33. The predicted octanol–water partition coefficient (Wildman–Crippen LogP) is 2.72. The molecule has 0 saturated carbocycles. The minimum Gasteiger partial charge on any atom is -0.481 e. The van der Waals surface area contributed by atoms with E-state index in [1.54, 1.807) is 12.1 Å². The van der Waals surface area contributed by atoms with E-state index in [1.807, 2.05) is 30.3 Å². The molecule has 1 unspecified atom stereocenters. The van der Waals surface area contributed by atoms with E-state index in [1.165, 1.54) is 10.4 Å². The van der Waals surface area contributed by atoms with Crippen molar-refractivity contribution >= 4 is 27.0 Å². The fourth-order valence-corrected chi connectivity index (χ4v) is 4.94. The lowest BCUT2D eigenvalue weighted by atomic mass is 10.0. The van der Waals surface area contributed by atoms with Crippen LogP contribution in [-0.2, 0) is 14.8 Å². The molecule has 8 heteroatoms. The lowest BCUT2D eigenvalue weighted by molar-refractivity contribution is -0.142. The molecule has 7 nitrogen and oxygen atoms in total. The largest absolute Gasteiger partial charge is 0.481 e. The molecule has 1 aliphatic rings. The fraction of sp³-hybridized carbons (Fsp3) is 0.263. The van der Waals surface area contributed by atoms with Crippen LogP contribution >= 0.6 is 0 Å². The fourth-order valence-electron chi connectivity index (χ4n) is 3.39. The maximum atomic E-state index is 13.0. The highest BCUT2D eigenvalue weighted by Crippen LogP contribution is 2.27. The first-order valence-corrected chi connectivity index (χ1v) is 10.2. The number of benzene rings is 2. The van der Waals surface area contributed by atoms with Gasteiger partial charge in [-0.15, -0.1) is 0 Å². The third-order valence-electron chi connectivity index (χ3n) is 4.87. The van der Waals surface area contributed by atoms with Gasteiger partial charge in [-0.1, -0.05) is 30.3 Å². The molecule has 4 rings (SSSR count). The molecule has 140 valence electrons. The van der Waals surface area contributed by atoms with E-state index >= 15 is 0 Å². The molecular formula is C19H19N3O4S. The Kier molecular flexibility index (Phi) is 4.45. The number of hydrogen-bond acceptors (Lipinski definition) is 4.